The van der Waals surface area contributed by atoms with E-state index in [4.69, 9.17) is 14.2 Å². The smallest absolute Gasteiger partial charge is 0.164 e. The third-order valence-corrected chi connectivity index (χ3v) is 2.52. The second kappa shape index (κ2) is 7.23. The molecule has 0 aliphatic rings. The Balaban J connectivity index is 3.17. The predicted octanol–water partition coefficient (Wildman–Crippen LogP) is 2.76. The molecule has 0 atom stereocenters. The molecule has 0 saturated carbocycles. The van der Waals surface area contributed by atoms with E-state index in [-0.39, 0.29) is 11.5 Å². The van der Waals surface area contributed by atoms with Gasteiger partial charge in [0.25, 0.3) is 0 Å². The fraction of sp³-hybridized carbons (Fsp3) is 0.267. The van der Waals surface area contributed by atoms with E-state index in [0.29, 0.717) is 22.8 Å². The number of ether oxygens (including phenoxy) is 3. The van der Waals surface area contributed by atoms with Crippen molar-refractivity contribution in [1.29, 1.82) is 0 Å². The molecule has 0 aromatic heterocycles. The van der Waals surface area contributed by atoms with Gasteiger partial charge in [-0.25, -0.2) is 0 Å². The van der Waals surface area contributed by atoms with Gasteiger partial charge in [-0.05, 0) is 25.1 Å². The van der Waals surface area contributed by atoms with Gasteiger partial charge in [-0.3, -0.25) is 4.79 Å². The van der Waals surface area contributed by atoms with Crippen LogP contribution in [0.4, 0.5) is 0 Å². The average Bonchev–Trinajstić information content (AvgIpc) is 2.43. The van der Waals surface area contributed by atoms with Gasteiger partial charge in [0.05, 0.1) is 21.3 Å². The Morgan fingerprint density at radius 2 is 1.60 bits per heavy atom. The second-order valence-electron chi connectivity index (χ2n) is 3.96. The van der Waals surface area contributed by atoms with Gasteiger partial charge in [0.2, 0.25) is 0 Å². The van der Waals surface area contributed by atoms with Crippen molar-refractivity contribution in [3.8, 4) is 17.2 Å². The first-order chi connectivity index (χ1) is 9.51. The fourth-order valence-electron chi connectivity index (χ4n) is 1.61. The minimum Gasteiger partial charge on any atom is -0.508 e. The summed E-state index contributed by atoms with van der Waals surface area (Å²) in [6.45, 7) is 1.36. The zero-order valence-corrected chi connectivity index (χ0v) is 12.0. The van der Waals surface area contributed by atoms with Gasteiger partial charge in [0, 0.05) is 17.7 Å². The van der Waals surface area contributed by atoms with Crippen LogP contribution in [-0.4, -0.2) is 32.2 Å². The van der Waals surface area contributed by atoms with Crippen LogP contribution in [0, 0.1) is 0 Å². The molecule has 20 heavy (non-hydrogen) atoms. The first-order valence-corrected chi connectivity index (χ1v) is 5.91. The van der Waals surface area contributed by atoms with Gasteiger partial charge in [-0.15, -0.1) is 0 Å². The first-order valence-electron chi connectivity index (χ1n) is 5.91. The van der Waals surface area contributed by atoms with Crippen LogP contribution in [0.1, 0.15) is 12.5 Å². The molecule has 1 rings (SSSR count). The molecule has 0 heterocycles. The summed E-state index contributed by atoms with van der Waals surface area (Å²) in [5, 5.41) is 9.53. The summed E-state index contributed by atoms with van der Waals surface area (Å²) in [6.07, 6.45) is 4.16. The second-order valence-corrected chi connectivity index (χ2v) is 3.96. The molecule has 1 N–H and O–H groups in total. The molecule has 5 nitrogen and oxygen atoms in total. The maximum absolute atomic E-state index is 10.8. The highest BCUT2D eigenvalue weighted by Crippen LogP contribution is 2.35. The van der Waals surface area contributed by atoms with E-state index < -0.39 is 0 Å². The quantitative estimate of drug-likeness (QED) is 0.492. The molecule has 0 aliphatic heterocycles. The molecule has 0 amide bonds. The van der Waals surface area contributed by atoms with Crippen LogP contribution in [0.2, 0.25) is 0 Å². The number of rotatable bonds is 6. The molecular formula is C15H18O5. The largest absolute Gasteiger partial charge is 0.508 e. The molecule has 108 valence electrons. The molecule has 0 fully saturated rings. The van der Waals surface area contributed by atoms with E-state index in [9.17, 15) is 9.90 Å². The van der Waals surface area contributed by atoms with Gasteiger partial charge in [0.15, 0.2) is 17.3 Å². The lowest BCUT2D eigenvalue weighted by molar-refractivity contribution is -0.112. The number of carbonyl (C=O) groups excluding carboxylic acids is 1. The maximum Gasteiger partial charge on any atom is 0.164 e. The highest BCUT2D eigenvalue weighted by molar-refractivity contribution is 5.88. The van der Waals surface area contributed by atoms with Gasteiger partial charge in [0.1, 0.15) is 11.5 Å². The third kappa shape index (κ3) is 4.05. The van der Waals surface area contributed by atoms with Crippen LogP contribution in [0.25, 0.3) is 6.08 Å². The Labute approximate surface area is 118 Å². The summed E-state index contributed by atoms with van der Waals surface area (Å²) in [5.74, 6) is 1.29. The number of ketones is 1. The Morgan fingerprint density at radius 1 is 1.05 bits per heavy atom. The first kappa shape index (κ1) is 15.6. The molecule has 0 radical (unpaired) electrons. The monoisotopic (exact) mass is 278 g/mol. The van der Waals surface area contributed by atoms with Gasteiger partial charge in [-0.2, -0.15) is 0 Å². The van der Waals surface area contributed by atoms with Crippen LogP contribution in [0.5, 0.6) is 17.2 Å². The molecule has 1 aromatic carbocycles. The lowest BCUT2D eigenvalue weighted by Gasteiger charge is -2.12. The highest BCUT2D eigenvalue weighted by Gasteiger charge is 2.09. The van der Waals surface area contributed by atoms with Crippen LogP contribution < -0.4 is 14.2 Å². The summed E-state index contributed by atoms with van der Waals surface area (Å²) in [7, 11) is 4.60. The topological polar surface area (TPSA) is 65.0 Å². The summed E-state index contributed by atoms with van der Waals surface area (Å²) in [4.78, 5) is 10.8. The van der Waals surface area contributed by atoms with Crippen molar-refractivity contribution in [3.63, 3.8) is 0 Å². The van der Waals surface area contributed by atoms with E-state index in [1.165, 1.54) is 34.3 Å². The van der Waals surface area contributed by atoms with Crippen LogP contribution in [-0.2, 0) is 4.79 Å². The van der Waals surface area contributed by atoms with Crippen molar-refractivity contribution in [3.05, 3.63) is 35.6 Å². The van der Waals surface area contributed by atoms with E-state index in [1.54, 1.807) is 18.2 Å². The standard InChI is InChI=1S/C15H18O5/c1-10(16)7-12(17)6-5-11-8-14(19-3)15(20-4)9-13(11)18-2/h5-9,17H,1-4H3/b6-5+,12-7-. The number of allylic oxidation sites excluding steroid dienone is 2. The van der Waals surface area contributed by atoms with Gasteiger partial charge >= 0.3 is 0 Å². The number of carbonyl (C=O) groups is 1. The number of methoxy groups -OCH3 is 3. The van der Waals surface area contributed by atoms with Crippen molar-refractivity contribution < 1.29 is 24.1 Å². The third-order valence-electron chi connectivity index (χ3n) is 2.52. The molecule has 0 unspecified atom stereocenters. The summed E-state index contributed by atoms with van der Waals surface area (Å²) >= 11 is 0. The van der Waals surface area contributed by atoms with E-state index in [2.05, 4.69) is 0 Å². The molecule has 0 spiro atoms. The molecular weight excluding hydrogens is 260 g/mol. The SMILES string of the molecule is COc1cc(OC)c(OC)cc1/C=C/C(O)=C/C(C)=O. The number of aliphatic hydroxyl groups is 1. The van der Waals surface area contributed by atoms with Crippen LogP contribution in [0.15, 0.2) is 30.0 Å². The zero-order chi connectivity index (χ0) is 15.1. The Morgan fingerprint density at radius 3 is 2.10 bits per heavy atom. The van der Waals surface area contributed by atoms with E-state index in [1.807, 2.05) is 0 Å². The lowest BCUT2D eigenvalue weighted by Crippen LogP contribution is -1.94. The van der Waals surface area contributed by atoms with Crippen molar-refractivity contribution in [1.82, 2.24) is 0 Å². The van der Waals surface area contributed by atoms with Crippen molar-refractivity contribution in [2.24, 2.45) is 0 Å². The molecule has 0 bridgehead atoms. The normalized spacial score (nSPS) is 11.5. The fourth-order valence-corrected chi connectivity index (χ4v) is 1.61. The van der Waals surface area contributed by atoms with Crippen molar-refractivity contribution in [2.45, 2.75) is 6.92 Å². The molecule has 5 heteroatoms. The lowest BCUT2D eigenvalue weighted by atomic mass is 10.1. The van der Waals surface area contributed by atoms with Crippen LogP contribution >= 0.6 is 0 Å². The summed E-state index contributed by atoms with van der Waals surface area (Å²) in [6, 6.07) is 3.40. The summed E-state index contributed by atoms with van der Waals surface area (Å²) < 4.78 is 15.6. The molecule has 1 aromatic rings. The summed E-state index contributed by atoms with van der Waals surface area (Å²) in [5.41, 5.74) is 0.689. The number of benzene rings is 1. The minimum absolute atomic E-state index is 0.130. The van der Waals surface area contributed by atoms with Gasteiger partial charge < -0.3 is 19.3 Å². The Hall–Kier alpha value is -2.43. The average molecular weight is 278 g/mol. The van der Waals surface area contributed by atoms with E-state index in [0.717, 1.165) is 6.08 Å². The minimum atomic E-state index is -0.230. The highest BCUT2D eigenvalue weighted by atomic mass is 16.5. The number of hydrogen-bond donors (Lipinski definition) is 1. The van der Waals surface area contributed by atoms with Crippen molar-refractivity contribution in [2.75, 3.05) is 21.3 Å². The van der Waals surface area contributed by atoms with E-state index >= 15 is 0 Å². The van der Waals surface area contributed by atoms with Crippen LogP contribution in [0.3, 0.4) is 0 Å². The molecule has 0 aliphatic carbocycles. The van der Waals surface area contributed by atoms with Gasteiger partial charge in [-0.1, -0.05) is 0 Å². The number of hydrogen-bond acceptors (Lipinski definition) is 5. The maximum atomic E-state index is 10.8. The zero-order valence-electron chi connectivity index (χ0n) is 12.0. The Bertz CT molecular complexity index is 543. The molecule has 0 saturated heterocycles. The Kier molecular flexibility index (Phi) is 5.65. The predicted molar refractivity (Wildman–Crippen MR) is 76.5 cm³/mol. The number of aliphatic hydroxyl groups excluding tert-OH is 1. The van der Waals surface area contributed by atoms with Crippen molar-refractivity contribution >= 4 is 11.9 Å².